The number of carboxylic acids is 1. The molecular formula is C26H30N2O5. The average Bonchev–Trinajstić information content (AvgIpc) is 3.61. The van der Waals surface area contributed by atoms with Crippen LogP contribution in [0.3, 0.4) is 0 Å². The molecule has 0 aromatic heterocycles. The molecule has 1 fully saturated rings. The first-order valence-corrected chi connectivity index (χ1v) is 11.0. The summed E-state index contributed by atoms with van der Waals surface area (Å²) < 4.78 is 4.93. The van der Waals surface area contributed by atoms with Gasteiger partial charge in [0.25, 0.3) is 0 Å². The van der Waals surface area contributed by atoms with Gasteiger partial charge in [0.1, 0.15) is 30.2 Å². The maximum absolute atomic E-state index is 11.6. The second-order valence-corrected chi connectivity index (χ2v) is 7.85. The Bertz CT molecular complexity index is 1030. The number of carbonyl (C=O) groups is 1. The molecule has 1 saturated carbocycles. The molecule has 33 heavy (non-hydrogen) atoms. The fourth-order valence-corrected chi connectivity index (χ4v) is 3.68. The molecule has 1 aliphatic carbocycles. The van der Waals surface area contributed by atoms with Gasteiger partial charge < -0.3 is 19.5 Å². The molecule has 174 valence electrons. The Morgan fingerprint density at radius 1 is 1.09 bits per heavy atom. The van der Waals surface area contributed by atoms with Crippen molar-refractivity contribution in [3.05, 3.63) is 77.5 Å². The van der Waals surface area contributed by atoms with Crippen molar-refractivity contribution < 1.29 is 24.3 Å². The van der Waals surface area contributed by atoms with Gasteiger partial charge in [-0.2, -0.15) is 0 Å². The zero-order chi connectivity index (χ0) is 23.6. The van der Waals surface area contributed by atoms with Gasteiger partial charge >= 0.3 is 5.97 Å². The van der Waals surface area contributed by atoms with Crippen LogP contribution in [0.1, 0.15) is 49.3 Å². The van der Waals surface area contributed by atoms with Crippen molar-refractivity contribution >= 4 is 23.0 Å². The minimum Gasteiger partial charge on any atom is -0.503 e. The lowest BCUT2D eigenvalue weighted by Gasteiger charge is -2.10. The fourth-order valence-electron chi connectivity index (χ4n) is 3.68. The highest BCUT2D eigenvalue weighted by atomic mass is 16.6. The van der Waals surface area contributed by atoms with Crippen molar-refractivity contribution in [2.75, 3.05) is 13.7 Å². The van der Waals surface area contributed by atoms with Gasteiger partial charge in [0.2, 0.25) is 0 Å². The maximum atomic E-state index is 11.6. The third kappa shape index (κ3) is 6.44. The molecule has 0 saturated heterocycles. The number of benzene rings is 2. The zero-order valence-corrected chi connectivity index (χ0v) is 19.2. The predicted molar refractivity (Wildman–Crippen MR) is 128 cm³/mol. The molecule has 0 aliphatic heterocycles. The van der Waals surface area contributed by atoms with Crippen LogP contribution in [0.15, 0.2) is 71.2 Å². The van der Waals surface area contributed by atoms with Gasteiger partial charge in [-0.1, -0.05) is 71.8 Å². The maximum Gasteiger partial charge on any atom is 0.339 e. The van der Waals surface area contributed by atoms with E-state index in [-0.39, 0.29) is 18.1 Å². The second kappa shape index (κ2) is 11.9. The smallest absolute Gasteiger partial charge is 0.339 e. The Kier molecular flexibility index (Phi) is 8.63. The molecule has 1 aliphatic rings. The Hall–Kier alpha value is -3.61. The SMILES string of the molecule is CCCO/N=C(/C(C)=N/OCc1ccccc1/C(=C\OC)C(=O)O)C1CC1c1ccccc1. The number of hydrogen-bond donors (Lipinski definition) is 1. The van der Waals surface area contributed by atoms with E-state index in [2.05, 4.69) is 22.4 Å². The van der Waals surface area contributed by atoms with E-state index in [1.807, 2.05) is 38.1 Å². The standard InChI is InChI=1S/C26H30N2O5/c1-4-14-32-28-25(23-15-22(23)19-10-6-5-7-11-19)18(2)27-33-16-20-12-8-9-13-21(20)24(17-31-3)26(29)30/h5-13,17,22-23H,4,14-16H2,1-3H3,(H,29,30)/b24-17+,27-18+,28-25-. The highest BCUT2D eigenvalue weighted by molar-refractivity contribution is 6.42. The molecule has 2 aromatic carbocycles. The fraction of sp³-hybridized carbons (Fsp3) is 0.346. The van der Waals surface area contributed by atoms with Crippen molar-refractivity contribution in [1.82, 2.24) is 0 Å². The average molecular weight is 451 g/mol. The van der Waals surface area contributed by atoms with Crippen LogP contribution >= 0.6 is 0 Å². The minimum absolute atomic E-state index is 0.0521. The molecule has 0 radical (unpaired) electrons. The minimum atomic E-state index is -1.08. The number of rotatable bonds is 12. The summed E-state index contributed by atoms with van der Waals surface area (Å²) in [7, 11) is 1.41. The number of ether oxygens (including phenoxy) is 1. The molecule has 1 N–H and O–H groups in total. The quantitative estimate of drug-likeness (QED) is 0.157. The first-order chi connectivity index (χ1) is 16.1. The summed E-state index contributed by atoms with van der Waals surface area (Å²) in [5, 5.41) is 18.2. The molecule has 7 heteroatoms. The number of oxime groups is 2. The van der Waals surface area contributed by atoms with Crippen LogP contribution in [0.2, 0.25) is 0 Å². The van der Waals surface area contributed by atoms with Crippen molar-refractivity contribution in [2.24, 2.45) is 16.2 Å². The van der Waals surface area contributed by atoms with Crippen LogP contribution in [-0.2, 0) is 25.8 Å². The summed E-state index contributed by atoms with van der Waals surface area (Å²) in [5.41, 5.74) is 3.98. The largest absolute Gasteiger partial charge is 0.503 e. The molecule has 0 spiro atoms. The highest BCUT2D eigenvalue weighted by Crippen LogP contribution is 2.48. The molecule has 3 rings (SSSR count). The summed E-state index contributed by atoms with van der Waals surface area (Å²) >= 11 is 0. The van der Waals surface area contributed by atoms with E-state index < -0.39 is 5.97 Å². The Morgan fingerprint density at radius 2 is 1.82 bits per heavy atom. The van der Waals surface area contributed by atoms with Gasteiger partial charge in [0.15, 0.2) is 0 Å². The van der Waals surface area contributed by atoms with Crippen LogP contribution in [0.4, 0.5) is 0 Å². The first kappa shape index (κ1) is 24.0. The van der Waals surface area contributed by atoms with E-state index in [0.717, 1.165) is 18.6 Å². The van der Waals surface area contributed by atoms with E-state index in [1.165, 1.54) is 18.9 Å². The van der Waals surface area contributed by atoms with Gasteiger partial charge in [-0.05, 0) is 36.8 Å². The van der Waals surface area contributed by atoms with Crippen LogP contribution in [0.5, 0.6) is 0 Å². The van der Waals surface area contributed by atoms with Gasteiger partial charge in [-0.25, -0.2) is 4.79 Å². The van der Waals surface area contributed by atoms with E-state index in [1.54, 1.807) is 18.2 Å². The number of methoxy groups -OCH3 is 1. The first-order valence-electron chi connectivity index (χ1n) is 11.0. The van der Waals surface area contributed by atoms with Gasteiger partial charge in [-0.15, -0.1) is 0 Å². The molecule has 2 aromatic rings. The highest BCUT2D eigenvalue weighted by Gasteiger charge is 2.43. The molecule has 2 atom stereocenters. The van der Waals surface area contributed by atoms with Crippen LogP contribution in [0, 0.1) is 5.92 Å². The molecule has 2 unspecified atom stereocenters. The zero-order valence-electron chi connectivity index (χ0n) is 19.2. The van der Waals surface area contributed by atoms with Crippen molar-refractivity contribution in [1.29, 1.82) is 0 Å². The van der Waals surface area contributed by atoms with Crippen molar-refractivity contribution in [2.45, 2.75) is 39.2 Å². The Morgan fingerprint density at radius 3 is 2.52 bits per heavy atom. The van der Waals surface area contributed by atoms with Crippen LogP contribution < -0.4 is 0 Å². The normalized spacial score (nSPS) is 18.6. The van der Waals surface area contributed by atoms with Crippen LogP contribution in [0.25, 0.3) is 5.57 Å². The van der Waals surface area contributed by atoms with E-state index >= 15 is 0 Å². The summed E-state index contributed by atoms with van der Waals surface area (Å²) in [6.45, 7) is 4.53. The topological polar surface area (TPSA) is 89.7 Å². The predicted octanol–water partition coefficient (Wildman–Crippen LogP) is 5.24. The molecule has 7 nitrogen and oxygen atoms in total. The third-order valence-electron chi connectivity index (χ3n) is 5.39. The van der Waals surface area contributed by atoms with E-state index in [9.17, 15) is 9.90 Å². The van der Waals surface area contributed by atoms with Gasteiger partial charge in [-0.3, -0.25) is 0 Å². The summed E-state index contributed by atoms with van der Waals surface area (Å²) in [5.74, 6) is -0.460. The molecular weight excluding hydrogens is 420 g/mol. The summed E-state index contributed by atoms with van der Waals surface area (Å²) in [6, 6.07) is 17.5. The number of hydrogen-bond acceptors (Lipinski definition) is 6. The van der Waals surface area contributed by atoms with Crippen LogP contribution in [-0.4, -0.2) is 36.2 Å². The van der Waals surface area contributed by atoms with Crippen molar-refractivity contribution in [3.8, 4) is 0 Å². The van der Waals surface area contributed by atoms with Gasteiger partial charge in [0, 0.05) is 11.5 Å². The van der Waals surface area contributed by atoms with Gasteiger partial charge in [0.05, 0.1) is 13.4 Å². The lowest BCUT2D eigenvalue weighted by Crippen LogP contribution is -2.16. The van der Waals surface area contributed by atoms with E-state index in [0.29, 0.717) is 29.4 Å². The lowest BCUT2D eigenvalue weighted by molar-refractivity contribution is -0.130. The van der Waals surface area contributed by atoms with Crippen molar-refractivity contribution in [3.63, 3.8) is 0 Å². The summed E-state index contributed by atoms with van der Waals surface area (Å²) in [4.78, 5) is 22.7. The Labute approximate surface area is 194 Å². The number of aliphatic carboxylic acids is 1. The molecule has 0 heterocycles. The summed E-state index contributed by atoms with van der Waals surface area (Å²) in [6.07, 6.45) is 3.06. The second-order valence-electron chi connectivity index (χ2n) is 7.85. The number of nitrogens with zero attached hydrogens (tertiary/aromatic N) is 2. The lowest BCUT2D eigenvalue weighted by atomic mass is 10.0. The Balaban J connectivity index is 1.74. The molecule has 0 bridgehead atoms. The third-order valence-corrected chi connectivity index (χ3v) is 5.39. The number of carboxylic acid groups (broad SMARTS) is 1. The monoisotopic (exact) mass is 450 g/mol. The molecule has 0 amide bonds. The van der Waals surface area contributed by atoms with E-state index in [4.69, 9.17) is 14.4 Å².